The molecule has 23 heavy (non-hydrogen) atoms. The van der Waals surface area contributed by atoms with E-state index in [4.69, 9.17) is 5.11 Å². The molecule has 126 valence electrons. The number of aliphatic carboxylic acids is 1. The summed E-state index contributed by atoms with van der Waals surface area (Å²) in [6.07, 6.45) is 2.62. The van der Waals surface area contributed by atoms with Crippen molar-refractivity contribution < 1.29 is 9.90 Å². The summed E-state index contributed by atoms with van der Waals surface area (Å²) < 4.78 is 0. The number of hydrogen-bond donors (Lipinski definition) is 1. The van der Waals surface area contributed by atoms with Gasteiger partial charge in [0.05, 0.1) is 6.42 Å². The predicted octanol–water partition coefficient (Wildman–Crippen LogP) is 3.19. The lowest BCUT2D eigenvalue weighted by Crippen LogP contribution is -2.48. The van der Waals surface area contributed by atoms with Gasteiger partial charge in [0.1, 0.15) is 0 Å². The van der Waals surface area contributed by atoms with Gasteiger partial charge in [-0.15, -0.1) is 0 Å². The smallest absolute Gasteiger partial charge is 0.303 e. The predicted molar refractivity (Wildman–Crippen MR) is 93.1 cm³/mol. The molecular weight excluding hydrogens is 288 g/mol. The summed E-state index contributed by atoms with van der Waals surface area (Å²) >= 11 is 0. The molecule has 0 radical (unpaired) electrons. The van der Waals surface area contributed by atoms with Gasteiger partial charge in [-0.2, -0.15) is 0 Å². The third-order valence-electron chi connectivity index (χ3n) is 5.32. The molecule has 1 N–H and O–H groups in total. The van der Waals surface area contributed by atoms with E-state index in [1.807, 2.05) is 0 Å². The van der Waals surface area contributed by atoms with Gasteiger partial charge in [0.15, 0.2) is 0 Å². The van der Waals surface area contributed by atoms with Crippen LogP contribution in [-0.4, -0.2) is 48.2 Å². The van der Waals surface area contributed by atoms with Gasteiger partial charge >= 0.3 is 5.97 Å². The minimum Gasteiger partial charge on any atom is -0.481 e. The lowest BCUT2D eigenvalue weighted by Gasteiger charge is -2.38. The van der Waals surface area contributed by atoms with E-state index in [-0.39, 0.29) is 12.3 Å². The van der Waals surface area contributed by atoms with E-state index in [9.17, 15) is 4.79 Å². The fraction of sp³-hybridized carbons (Fsp3) is 0.632. The molecule has 1 atom stereocenters. The zero-order valence-electron chi connectivity index (χ0n) is 14.2. The van der Waals surface area contributed by atoms with Gasteiger partial charge in [0, 0.05) is 37.9 Å². The second-order valence-corrected chi connectivity index (χ2v) is 7.25. The van der Waals surface area contributed by atoms with Gasteiger partial charge in [0.25, 0.3) is 0 Å². The maximum absolute atomic E-state index is 11.1. The van der Waals surface area contributed by atoms with Gasteiger partial charge in [0.2, 0.25) is 0 Å². The van der Waals surface area contributed by atoms with E-state index in [1.165, 1.54) is 24.1 Å². The lowest BCUT2D eigenvalue weighted by molar-refractivity contribution is -0.137. The third-order valence-corrected chi connectivity index (χ3v) is 5.32. The van der Waals surface area contributed by atoms with Crippen molar-refractivity contribution in [1.82, 2.24) is 4.90 Å². The molecule has 3 rings (SSSR count). The summed E-state index contributed by atoms with van der Waals surface area (Å²) in [4.78, 5) is 16.1. The highest BCUT2D eigenvalue weighted by Gasteiger charge is 2.33. The van der Waals surface area contributed by atoms with Crippen LogP contribution >= 0.6 is 0 Å². The minimum atomic E-state index is -0.684. The third kappa shape index (κ3) is 4.05. The topological polar surface area (TPSA) is 43.8 Å². The number of hydrogen-bond acceptors (Lipinski definition) is 3. The molecule has 2 aliphatic rings. The van der Waals surface area contributed by atoms with E-state index >= 15 is 0 Å². The first-order chi connectivity index (χ1) is 11.0. The number of carboxylic acid groups (broad SMARTS) is 1. The van der Waals surface area contributed by atoms with Crippen molar-refractivity contribution in [2.24, 2.45) is 5.92 Å². The molecule has 4 heteroatoms. The largest absolute Gasteiger partial charge is 0.481 e. The number of benzene rings is 1. The summed E-state index contributed by atoms with van der Waals surface area (Å²) in [5.74, 6) is 0.0849. The quantitative estimate of drug-likeness (QED) is 0.875. The molecule has 0 bridgehead atoms. The Morgan fingerprint density at radius 2 is 1.74 bits per heavy atom. The number of rotatable bonds is 6. The van der Waals surface area contributed by atoms with Crippen LogP contribution in [0, 0.1) is 5.92 Å². The fourth-order valence-corrected chi connectivity index (χ4v) is 3.67. The molecule has 0 spiro atoms. The Hall–Kier alpha value is -1.55. The number of carbonyl (C=O) groups is 1. The number of carboxylic acids is 1. The number of nitrogens with zero attached hydrogens (tertiary/aromatic N) is 2. The first-order valence-electron chi connectivity index (χ1n) is 8.85. The van der Waals surface area contributed by atoms with E-state index in [0.29, 0.717) is 12.0 Å². The Labute approximate surface area is 139 Å². The number of anilines is 1. The number of piperazine rings is 1. The monoisotopic (exact) mass is 316 g/mol. The first-order valence-corrected chi connectivity index (χ1v) is 8.85. The summed E-state index contributed by atoms with van der Waals surface area (Å²) in [6.45, 7) is 8.87. The van der Waals surface area contributed by atoms with E-state index in [0.717, 1.165) is 26.2 Å². The molecule has 1 aliphatic carbocycles. The molecule has 0 amide bonds. The Bertz CT molecular complexity index is 529. The van der Waals surface area contributed by atoms with Crippen molar-refractivity contribution >= 4 is 11.7 Å². The van der Waals surface area contributed by atoms with Crippen LogP contribution in [0.3, 0.4) is 0 Å². The van der Waals surface area contributed by atoms with Crippen LogP contribution in [0.15, 0.2) is 24.3 Å². The second-order valence-electron chi connectivity index (χ2n) is 7.25. The van der Waals surface area contributed by atoms with Crippen LogP contribution in [0.1, 0.15) is 44.6 Å². The van der Waals surface area contributed by atoms with Crippen LogP contribution in [0.25, 0.3) is 0 Å². The average molecular weight is 316 g/mol. The molecule has 1 aromatic carbocycles. The molecule has 2 fully saturated rings. The highest BCUT2D eigenvalue weighted by Crippen LogP contribution is 2.44. The van der Waals surface area contributed by atoms with Crippen molar-refractivity contribution in [3.8, 4) is 0 Å². The van der Waals surface area contributed by atoms with Crippen LogP contribution in [0.5, 0.6) is 0 Å². The van der Waals surface area contributed by atoms with E-state index in [2.05, 4.69) is 47.9 Å². The SMILES string of the molecule is CC(C)N1CCN(c2ccc(C(CC(=O)O)C3CC3)cc2)CC1. The van der Waals surface area contributed by atoms with Gasteiger partial charge < -0.3 is 10.0 Å². The zero-order chi connectivity index (χ0) is 16.4. The average Bonchev–Trinajstić information content (AvgIpc) is 3.37. The molecule has 1 saturated heterocycles. The maximum atomic E-state index is 11.1. The summed E-state index contributed by atoms with van der Waals surface area (Å²) in [5.41, 5.74) is 2.46. The van der Waals surface area contributed by atoms with Gasteiger partial charge in [-0.3, -0.25) is 9.69 Å². The molecule has 1 aliphatic heterocycles. The fourth-order valence-electron chi connectivity index (χ4n) is 3.67. The van der Waals surface area contributed by atoms with Crippen molar-refractivity contribution in [3.63, 3.8) is 0 Å². The standard InChI is InChI=1S/C19H28N2O2/c1-14(2)20-9-11-21(12-10-20)17-7-5-16(6-8-17)18(13-19(22)23)15-3-4-15/h5-8,14-15,18H,3-4,9-13H2,1-2H3,(H,22,23). The zero-order valence-corrected chi connectivity index (χ0v) is 14.2. The molecule has 1 saturated carbocycles. The summed E-state index contributed by atoms with van der Waals surface area (Å²) in [7, 11) is 0. The highest BCUT2D eigenvalue weighted by molar-refractivity contribution is 5.68. The molecule has 1 heterocycles. The van der Waals surface area contributed by atoms with Crippen molar-refractivity contribution in [2.75, 3.05) is 31.1 Å². The van der Waals surface area contributed by atoms with Gasteiger partial charge in [-0.05, 0) is 56.2 Å². The van der Waals surface area contributed by atoms with Crippen LogP contribution in [-0.2, 0) is 4.79 Å². The second kappa shape index (κ2) is 6.91. The van der Waals surface area contributed by atoms with Gasteiger partial charge in [-0.1, -0.05) is 12.1 Å². The van der Waals surface area contributed by atoms with Gasteiger partial charge in [-0.25, -0.2) is 0 Å². The summed E-state index contributed by atoms with van der Waals surface area (Å²) in [5, 5.41) is 9.14. The Morgan fingerprint density at radius 1 is 1.13 bits per heavy atom. The minimum absolute atomic E-state index is 0.194. The molecule has 4 nitrogen and oxygen atoms in total. The Balaban J connectivity index is 1.64. The van der Waals surface area contributed by atoms with Crippen molar-refractivity contribution in [2.45, 2.75) is 45.1 Å². The van der Waals surface area contributed by atoms with Crippen LogP contribution < -0.4 is 4.90 Å². The molecular formula is C19H28N2O2. The summed E-state index contributed by atoms with van der Waals surface area (Å²) in [6, 6.07) is 9.27. The Morgan fingerprint density at radius 3 is 2.22 bits per heavy atom. The highest BCUT2D eigenvalue weighted by atomic mass is 16.4. The van der Waals surface area contributed by atoms with Crippen molar-refractivity contribution in [1.29, 1.82) is 0 Å². The van der Waals surface area contributed by atoms with E-state index in [1.54, 1.807) is 0 Å². The maximum Gasteiger partial charge on any atom is 0.303 e. The Kier molecular flexibility index (Phi) is 4.90. The molecule has 1 aromatic rings. The van der Waals surface area contributed by atoms with Crippen LogP contribution in [0.2, 0.25) is 0 Å². The lowest BCUT2D eigenvalue weighted by atomic mass is 9.91. The van der Waals surface area contributed by atoms with Crippen molar-refractivity contribution in [3.05, 3.63) is 29.8 Å². The van der Waals surface area contributed by atoms with Crippen LogP contribution in [0.4, 0.5) is 5.69 Å². The van der Waals surface area contributed by atoms with E-state index < -0.39 is 5.97 Å². The molecule has 0 aromatic heterocycles. The molecule has 1 unspecified atom stereocenters. The normalized spacial score (nSPS) is 20.7. The first kappa shape index (κ1) is 16.3.